The van der Waals surface area contributed by atoms with E-state index in [9.17, 15) is 4.79 Å². The van der Waals surface area contributed by atoms with Gasteiger partial charge < -0.3 is 14.2 Å². The number of carbonyl (C=O) groups excluding carboxylic acids is 1. The van der Waals surface area contributed by atoms with Crippen LogP contribution in [0, 0.1) is 0 Å². The molecule has 0 saturated carbocycles. The van der Waals surface area contributed by atoms with Gasteiger partial charge in [0.05, 0.1) is 32.0 Å². The SMILES string of the molecule is C=C(COCCN1CCOCC1)C(=O)OC(C)(C)C. The van der Waals surface area contributed by atoms with E-state index in [1.807, 2.05) is 20.8 Å². The Morgan fingerprint density at radius 3 is 2.53 bits per heavy atom. The highest BCUT2D eigenvalue weighted by Crippen LogP contribution is 2.10. The van der Waals surface area contributed by atoms with Crippen LogP contribution in [0.3, 0.4) is 0 Å². The maximum atomic E-state index is 11.6. The number of esters is 1. The van der Waals surface area contributed by atoms with Gasteiger partial charge in [0, 0.05) is 19.6 Å². The molecule has 0 N–H and O–H groups in total. The molecule has 1 aliphatic rings. The minimum atomic E-state index is -0.492. The van der Waals surface area contributed by atoms with Crippen molar-refractivity contribution in [3.63, 3.8) is 0 Å². The zero-order valence-corrected chi connectivity index (χ0v) is 12.2. The highest BCUT2D eigenvalue weighted by atomic mass is 16.6. The van der Waals surface area contributed by atoms with Crippen molar-refractivity contribution in [3.8, 4) is 0 Å². The maximum Gasteiger partial charge on any atom is 0.336 e. The molecule has 0 bridgehead atoms. The van der Waals surface area contributed by atoms with Gasteiger partial charge in [-0.15, -0.1) is 0 Å². The second-order valence-electron chi connectivity index (χ2n) is 5.61. The van der Waals surface area contributed by atoms with Crippen LogP contribution >= 0.6 is 0 Å². The molecule has 5 heteroatoms. The van der Waals surface area contributed by atoms with Crippen LogP contribution in [0.15, 0.2) is 12.2 Å². The van der Waals surface area contributed by atoms with Gasteiger partial charge in [0.2, 0.25) is 0 Å². The monoisotopic (exact) mass is 271 g/mol. The first-order valence-corrected chi connectivity index (χ1v) is 6.67. The van der Waals surface area contributed by atoms with Gasteiger partial charge in [-0.2, -0.15) is 0 Å². The van der Waals surface area contributed by atoms with Gasteiger partial charge >= 0.3 is 5.97 Å². The predicted molar refractivity (Wildman–Crippen MR) is 73.1 cm³/mol. The Kier molecular flexibility index (Phi) is 6.48. The molecule has 0 atom stereocenters. The number of rotatable bonds is 6. The van der Waals surface area contributed by atoms with Crippen LogP contribution in [-0.4, -0.2) is 62.5 Å². The Morgan fingerprint density at radius 1 is 1.32 bits per heavy atom. The summed E-state index contributed by atoms with van der Waals surface area (Å²) in [6.45, 7) is 14.3. The van der Waals surface area contributed by atoms with Crippen molar-refractivity contribution in [1.82, 2.24) is 4.90 Å². The fraction of sp³-hybridized carbons (Fsp3) is 0.786. The molecule has 0 amide bonds. The third-order valence-electron chi connectivity index (χ3n) is 2.62. The minimum Gasteiger partial charge on any atom is -0.457 e. The summed E-state index contributed by atoms with van der Waals surface area (Å²) in [5.41, 5.74) is -0.134. The van der Waals surface area contributed by atoms with Gasteiger partial charge in [-0.1, -0.05) is 6.58 Å². The fourth-order valence-corrected chi connectivity index (χ4v) is 1.62. The topological polar surface area (TPSA) is 48.0 Å². The van der Waals surface area contributed by atoms with E-state index in [0.29, 0.717) is 12.2 Å². The highest BCUT2D eigenvalue weighted by Gasteiger charge is 2.18. The van der Waals surface area contributed by atoms with Crippen LogP contribution in [0.2, 0.25) is 0 Å². The van der Waals surface area contributed by atoms with E-state index in [-0.39, 0.29) is 12.6 Å². The molecule has 1 rings (SSSR count). The van der Waals surface area contributed by atoms with Crippen LogP contribution in [0.4, 0.5) is 0 Å². The smallest absolute Gasteiger partial charge is 0.336 e. The Hall–Kier alpha value is -0.910. The molecule has 1 fully saturated rings. The largest absolute Gasteiger partial charge is 0.457 e. The summed E-state index contributed by atoms with van der Waals surface area (Å²) in [6.07, 6.45) is 0. The van der Waals surface area contributed by atoms with E-state index in [2.05, 4.69) is 11.5 Å². The lowest BCUT2D eigenvalue weighted by Gasteiger charge is -2.26. The van der Waals surface area contributed by atoms with E-state index in [0.717, 1.165) is 32.8 Å². The first kappa shape index (κ1) is 16.1. The molecule has 19 heavy (non-hydrogen) atoms. The van der Waals surface area contributed by atoms with Gasteiger partial charge in [-0.25, -0.2) is 4.79 Å². The zero-order valence-electron chi connectivity index (χ0n) is 12.2. The van der Waals surface area contributed by atoms with E-state index in [1.54, 1.807) is 0 Å². The van der Waals surface area contributed by atoms with Crippen molar-refractivity contribution in [1.29, 1.82) is 0 Å². The Balaban J connectivity index is 2.11. The molecule has 0 spiro atoms. The number of hydrogen-bond acceptors (Lipinski definition) is 5. The lowest BCUT2D eigenvalue weighted by atomic mass is 10.2. The highest BCUT2D eigenvalue weighted by molar-refractivity contribution is 5.88. The van der Waals surface area contributed by atoms with Crippen molar-refractivity contribution < 1.29 is 19.0 Å². The van der Waals surface area contributed by atoms with Crippen LogP contribution in [0.1, 0.15) is 20.8 Å². The van der Waals surface area contributed by atoms with Gasteiger partial charge in [0.15, 0.2) is 0 Å². The third kappa shape index (κ3) is 7.30. The van der Waals surface area contributed by atoms with Crippen molar-refractivity contribution in [2.24, 2.45) is 0 Å². The molecule has 110 valence electrons. The van der Waals surface area contributed by atoms with Crippen LogP contribution in [0.25, 0.3) is 0 Å². The minimum absolute atomic E-state index is 0.221. The quantitative estimate of drug-likeness (QED) is 0.413. The zero-order chi connectivity index (χ0) is 14.3. The summed E-state index contributed by atoms with van der Waals surface area (Å²) in [4.78, 5) is 13.9. The van der Waals surface area contributed by atoms with E-state index >= 15 is 0 Å². The molecule has 0 unspecified atom stereocenters. The summed E-state index contributed by atoms with van der Waals surface area (Å²) in [7, 11) is 0. The van der Waals surface area contributed by atoms with Crippen molar-refractivity contribution in [2.75, 3.05) is 46.1 Å². The lowest BCUT2D eigenvalue weighted by molar-refractivity contribution is -0.150. The molecule has 0 aromatic carbocycles. The van der Waals surface area contributed by atoms with Crippen molar-refractivity contribution >= 4 is 5.97 Å². The van der Waals surface area contributed by atoms with Crippen LogP contribution < -0.4 is 0 Å². The Labute approximate surface area is 115 Å². The van der Waals surface area contributed by atoms with E-state index in [4.69, 9.17) is 14.2 Å². The Bertz CT molecular complexity index is 303. The number of carbonyl (C=O) groups is 1. The van der Waals surface area contributed by atoms with Gasteiger partial charge in [-0.05, 0) is 20.8 Å². The fourth-order valence-electron chi connectivity index (χ4n) is 1.62. The summed E-state index contributed by atoms with van der Waals surface area (Å²) in [5.74, 6) is -0.390. The second-order valence-corrected chi connectivity index (χ2v) is 5.61. The normalized spacial score (nSPS) is 17.2. The molecule has 1 aliphatic heterocycles. The lowest BCUT2D eigenvalue weighted by Crippen LogP contribution is -2.38. The maximum absolute atomic E-state index is 11.6. The standard InChI is InChI=1S/C14H25NO4/c1-12(13(16)19-14(2,3)4)11-18-10-7-15-5-8-17-9-6-15/h1,5-11H2,2-4H3. The van der Waals surface area contributed by atoms with Gasteiger partial charge in [0.25, 0.3) is 0 Å². The summed E-state index contributed by atoms with van der Waals surface area (Å²) >= 11 is 0. The first-order valence-electron chi connectivity index (χ1n) is 6.67. The molecule has 1 heterocycles. The number of nitrogens with zero attached hydrogens (tertiary/aromatic N) is 1. The van der Waals surface area contributed by atoms with Crippen molar-refractivity contribution in [3.05, 3.63) is 12.2 Å². The summed E-state index contributed by atoms with van der Waals surface area (Å²) < 4.78 is 15.9. The van der Waals surface area contributed by atoms with Gasteiger partial charge in [0.1, 0.15) is 5.60 Å². The number of hydrogen-bond donors (Lipinski definition) is 0. The van der Waals surface area contributed by atoms with Crippen LogP contribution in [-0.2, 0) is 19.0 Å². The molecule has 0 aliphatic carbocycles. The summed E-state index contributed by atoms with van der Waals surface area (Å²) in [6, 6.07) is 0. The van der Waals surface area contributed by atoms with E-state index in [1.165, 1.54) is 0 Å². The number of ether oxygens (including phenoxy) is 3. The average Bonchev–Trinajstić information content (AvgIpc) is 2.33. The molecular formula is C14H25NO4. The first-order chi connectivity index (χ1) is 8.88. The molecule has 0 radical (unpaired) electrons. The molecule has 5 nitrogen and oxygen atoms in total. The van der Waals surface area contributed by atoms with E-state index < -0.39 is 5.60 Å². The number of morpholine rings is 1. The van der Waals surface area contributed by atoms with Crippen molar-refractivity contribution in [2.45, 2.75) is 26.4 Å². The second kappa shape index (κ2) is 7.62. The third-order valence-corrected chi connectivity index (χ3v) is 2.62. The molecular weight excluding hydrogens is 246 g/mol. The Morgan fingerprint density at radius 2 is 1.95 bits per heavy atom. The molecule has 0 aromatic rings. The summed E-state index contributed by atoms with van der Waals surface area (Å²) in [5, 5.41) is 0. The molecule has 1 saturated heterocycles. The van der Waals surface area contributed by atoms with Crippen LogP contribution in [0.5, 0.6) is 0 Å². The predicted octanol–water partition coefficient (Wildman–Crippen LogP) is 1.23. The molecule has 0 aromatic heterocycles. The van der Waals surface area contributed by atoms with Gasteiger partial charge in [-0.3, -0.25) is 4.90 Å². The average molecular weight is 271 g/mol.